The highest BCUT2D eigenvalue weighted by Gasteiger charge is 2.19. The van der Waals surface area contributed by atoms with Crippen molar-refractivity contribution in [1.82, 2.24) is 0 Å². The van der Waals surface area contributed by atoms with Crippen LogP contribution in [0.5, 0.6) is 11.5 Å². The summed E-state index contributed by atoms with van der Waals surface area (Å²) in [6.45, 7) is 0. The molecule has 0 bridgehead atoms. The molecule has 0 saturated heterocycles. The summed E-state index contributed by atoms with van der Waals surface area (Å²) < 4.78 is 10.7. The number of aromatic hydroxyl groups is 1. The first-order chi connectivity index (χ1) is 10.6. The van der Waals surface area contributed by atoms with Crippen LogP contribution in [0.3, 0.4) is 0 Å². The van der Waals surface area contributed by atoms with Gasteiger partial charge < -0.3 is 14.6 Å². The normalized spacial score (nSPS) is 10.3. The second-order valence-corrected chi connectivity index (χ2v) is 5.61. The van der Waals surface area contributed by atoms with E-state index < -0.39 is 5.97 Å². The summed E-state index contributed by atoms with van der Waals surface area (Å²) in [5, 5.41) is 9.94. The molecule has 22 heavy (non-hydrogen) atoms. The van der Waals surface area contributed by atoms with Crippen LogP contribution in [0.15, 0.2) is 40.9 Å². The minimum atomic E-state index is -0.538. The summed E-state index contributed by atoms with van der Waals surface area (Å²) in [4.78, 5) is 11.9. The molecular formula is C17H17BrO4. The van der Waals surface area contributed by atoms with E-state index in [1.165, 1.54) is 13.2 Å². The summed E-state index contributed by atoms with van der Waals surface area (Å²) in [6.07, 6.45) is 1.34. The van der Waals surface area contributed by atoms with Crippen LogP contribution in [-0.4, -0.2) is 25.3 Å². The molecule has 0 heterocycles. The lowest BCUT2D eigenvalue weighted by Crippen LogP contribution is -2.08. The predicted octanol–water partition coefficient (Wildman–Crippen LogP) is 3.74. The van der Waals surface area contributed by atoms with E-state index in [1.54, 1.807) is 13.2 Å². The van der Waals surface area contributed by atoms with Gasteiger partial charge in [0.25, 0.3) is 0 Å². The summed E-state index contributed by atoms with van der Waals surface area (Å²) >= 11 is 3.44. The molecule has 0 fully saturated rings. The molecule has 0 aromatic heterocycles. The lowest BCUT2D eigenvalue weighted by atomic mass is 9.99. The first kappa shape index (κ1) is 16.4. The molecule has 2 aromatic rings. The average Bonchev–Trinajstić information content (AvgIpc) is 2.55. The van der Waals surface area contributed by atoms with Crippen molar-refractivity contribution in [2.24, 2.45) is 0 Å². The Kier molecular flexibility index (Phi) is 5.44. The van der Waals surface area contributed by atoms with Gasteiger partial charge in [0.1, 0.15) is 17.1 Å². The predicted molar refractivity (Wildman–Crippen MR) is 87.5 cm³/mol. The standard InChI is InChI=1S/C17H17BrO4/c1-21-12-6-3-11(4-7-12)5-8-13-14(18)9-10-15(19)16(13)17(20)22-2/h3-4,6-7,9-10,19H,5,8H2,1-2H3. The zero-order valence-corrected chi connectivity index (χ0v) is 14.0. The van der Waals surface area contributed by atoms with Crippen molar-refractivity contribution in [3.63, 3.8) is 0 Å². The smallest absolute Gasteiger partial charge is 0.341 e. The molecule has 2 rings (SSSR count). The maximum Gasteiger partial charge on any atom is 0.341 e. The SMILES string of the molecule is COC(=O)c1c(O)ccc(Br)c1CCc1ccc(OC)cc1. The van der Waals surface area contributed by atoms with Gasteiger partial charge in [0.2, 0.25) is 0 Å². The van der Waals surface area contributed by atoms with Crippen LogP contribution in [0.1, 0.15) is 21.5 Å². The van der Waals surface area contributed by atoms with Crippen LogP contribution < -0.4 is 4.74 Å². The van der Waals surface area contributed by atoms with E-state index in [-0.39, 0.29) is 11.3 Å². The molecule has 0 aliphatic rings. The number of esters is 1. The van der Waals surface area contributed by atoms with Gasteiger partial charge in [0.15, 0.2) is 0 Å². The van der Waals surface area contributed by atoms with Crippen LogP contribution in [0.2, 0.25) is 0 Å². The zero-order chi connectivity index (χ0) is 16.1. The quantitative estimate of drug-likeness (QED) is 0.821. The number of aryl methyl sites for hydroxylation is 1. The molecule has 0 aliphatic heterocycles. The number of halogens is 1. The fourth-order valence-electron chi connectivity index (χ4n) is 2.25. The third-order valence-corrected chi connectivity index (χ3v) is 4.19. The van der Waals surface area contributed by atoms with Crippen molar-refractivity contribution < 1.29 is 19.4 Å². The van der Waals surface area contributed by atoms with Crippen LogP contribution in [0.25, 0.3) is 0 Å². The van der Waals surface area contributed by atoms with E-state index in [9.17, 15) is 9.90 Å². The van der Waals surface area contributed by atoms with E-state index in [0.717, 1.165) is 27.8 Å². The summed E-state index contributed by atoms with van der Waals surface area (Å²) in [5.74, 6) is 0.195. The van der Waals surface area contributed by atoms with Gasteiger partial charge in [-0.2, -0.15) is 0 Å². The van der Waals surface area contributed by atoms with Crippen molar-refractivity contribution >= 4 is 21.9 Å². The Morgan fingerprint density at radius 2 is 1.77 bits per heavy atom. The van der Waals surface area contributed by atoms with Crippen LogP contribution in [0.4, 0.5) is 0 Å². The maximum atomic E-state index is 11.9. The second-order valence-electron chi connectivity index (χ2n) is 4.76. The topological polar surface area (TPSA) is 55.8 Å². The van der Waals surface area contributed by atoms with Crippen molar-refractivity contribution in [1.29, 1.82) is 0 Å². The Balaban J connectivity index is 2.24. The van der Waals surface area contributed by atoms with Crippen molar-refractivity contribution in [2.45, 2.75) is 12.8 Å². The molecule has 4 nitrogen and oxygen atoms in total. The molecule has 0 spiro atoms. The average molecular weight is 365 g/mol. The summed E-state index contributed by atoms with van der Waals surface area (Å²) in [7, 11) is 2.93. The van der Waals surface area contributed by atoms with Crippen LogP contribution in [-0.2, 0) is 17.6 Å². The lowest BCUT2D eigenvalue weighted by Gasteiger charge is -2.12. The third-order valence-electron chi connectivity index (χ3n) is 3.45. The summed E-state index contributed by atoms with van der Waals surface area (Å²) in [5.41, 5.74) is 2.07. The molecule has 5 heteroatoms. The van der Waals surface area contributed by atoms with Crippen molar-refractivity contribution in [2.75, 3.05) is 14.2 Å². The van der Waals surface area contributed by atoms with Gasteiger partial charge >= 0.3 is 5.97 Å². The highest BCUT2D eigenvalue weighted by atomic mass is 79.9. The van der Waals surface area contributed by atoms with Gasteiger partial charge in [0.05, 0.1) is 14.2 Å². The first-order valence-corrected chi connectivity index (χ1v) is 7.57. The first-order valence-electron chi connectivity index (χ1n) is 6.78. The van der Waals surface area contributed by atoms with Gasteiger partial charge in [0, 0.05) is 4.47 Å². The van der Waals surface area contributed by atoms with Gasteiger partial charge in [-0.3, -0.25) is 0 Å². The number of carbonyl (C=O) groups excluding carboxylic acids is 1. The number of hydrogen-bond acceptors (Lipinski definition) is 4. The number of carbonyl (C=O) groups is 1. The maximum absolute atomic E-state index is 11.9. The van der Waals surface area contributed by atoms with Gasteiger partial charge in [-0.1, -0.05) is 28.1 Å². The lowest BCUT2D eigenvalue weighted by molar-refractivity contribution is 0.0596. The minimum absolute atomic E-state index is 0.0696. The number of hydrogen-bond donors (Lipinski definition) is 1. The highest BCUT2D eigenvalue weighted by molar-refractivity contribution is 9.10. The Hall–Kier alpha value is -2.01. The Labute approximate surface area is 137 Å². The molecular weight excluding hydrogens is 348 g/mol. The molecule has 0 amide bonds. The van der Waals surface area contributed by atoms with Gasteiger partial charge in [-0.15, -0.1) is 0 Å². The van der Waals surface area contributed by atoms with E-state index in [1.807, 2.05) is 24.3 Å². The Morgan fingerprint density at radius 1 is 1.09 bits per heavy atom. The monoisotopic (exact) mass is 364 g/mol. The molecule has 2 aromatic carbocycles. The number of phenols is 1. The van der Waals surface area contributed by atoms with Crippen molar-refractivity contribution in [3.8, 4) is 11.5 Å². The van der Waals surface area contributed by atoms with E-state index >= 15 is 0 Å². The number of phenolic OH excluding ortho intramolecular Hbond substituents is 1. The summed E-state index contributed by atoms with van der Waals surface area (Å²) in [6, 6.07) is 11.0. The Bertz CT molecular complexity index is 665. The van der Waals surface area contributed by atoms with E-state index in [2.05, 4.69) is 15.9 Å². The second kappa shape index (κ2) is 7.31. The van der Waals surface area contributed by atoms with Gasteiger partial charge in [-0.05, 0) is 48.2 Å². The van der Waals surface area contributed by atoms with E-state index in [4.69, 9.17) is 9.47 Å². The molecule has 0 aliphatic carbocycles. The van der Waals surface area contributed by atoms with Crippen molar-refractivity contribution in [3.05, 3.63) is 57.6 Å². The molecule has 0 radical (unpaired) electrons. The molecule has 116 valence electrons. The molecule has 0 saturated carbocycles. The fraction of sp³-hybridized carbons (Fsp3) is 0.235. The van der Waals surface area contributed by atoms with Gasteiger partial charge in [-0.25, -0.2) is 4.79 Å². The molecule has 1 N–H and O–H groups in total. The van der Waals surface area contributed by atoms with E-state index in [0.29, 0.717) is 6.42 Å². The number of rotatable bonds is 5. The molecule has 0 unspecified atom stereocenters. The zero-order valence-electron chi connectivity index (χ0n) is 12.4. The number of benzene rings is 2. The van der Waals surface area contributed by atoms with Crippen LogP contribution in [0, 0.1) is 0 Å². The third kappa shape index (κ3) is 3.60. The molecule has 0 atom stereocenters. The fourth-order valence-corrected chi connectivity index (χ4v) is 2.77. The highest BCUT2D eigenvalue weighted by Crippen LogP contribution is 2.30. The number of methoxy groups -OCH3 is 2. The number of ether oxygens (including phenoxy) is 2. The minimum Gasteiger partial charge on any atom is -0.507 e. The Morgan fingerprint density at radius 3 is 2.36 bits per heavy atom. The largest absolute Gasteiger partial charge is 0.507 e. The van der Waals surface area contributed by atoms with Crippen LogP contribution >= 0.6 is 15.9 Å².